The number of nitriles is 5. The summed E-state index contributed by atoms with van der Waals surface area (Å²) in [4.78, 5) is 18.4. The highest BCUT2D eigenvalue weighted by atomic mass is 35.5. The minimum Gasteiger partial charge on any atom is -0.394 e. The van der Waals surface area contributed by atoms with Gasteiger partial charge in [-0.1, -0.05) is 209 Å². The van der Waals surface area contributed by atoms with Gasteiger partial charge in [0.15, 0.2) is 0 Å². The van der Waals surface area contributed by atoms with Crippen LogP contribution in [0.2, 0.25) is 30.1 Å². The molecule has 0 saturated carbocycles. The second-order valence-electron chi connectivity index (χ2n) is 33.5. The van der Waals surface area contributed by atoms with Gasteiger partial charge in [-0.25, -0.2) is 0 Å². The van der Waals surface area contributed by atoms with E-state index in [9.17, 15) is 30.9 Å². The van der Waals surface area contributed by atoms with Gasteiger partial charge in [-0.05, 0) is 235 Å². The molecule has 4 N–H and O–H groups in total. The summed E-state index contributed by atoms with van der Waals surface area (Å²) in [5, 5.41) is 94.0. The van der Waals surface area contributed by atoms with Crippen LogP contribution in [0.1, 0.15) is 144 Å². The maximum Gasteiger partial charge on any atom is 0.101 e. The number of hydrogen-bond donors (Lipinski definition) is 4. The van der Waals surface area contributed by atoms with E-state index in [0.717, 1.165) is 164 Å². The number of benzene rings is 12. The standard InChI is InChI=1S/2C27H25ClN4O.C26H25Cl2N3O.C26H28Cl2N2O/c2*1-19-2-11-25(23(14-19)16-30)32-13-12-31(17-26(32)21-7-9-24(28)10-8-21)18-27(33)22-5-3-20(15-29)4-6-22;1-18-2-11-24(23(28)14-18)31-13-12-30(16-25(31)20-7-9-22(27)10-8-20)26(17-32)21-5-3-19(15-29)4-6-21;1-19-8-13-24(23(28)16-19)30-15-14-29(17-25(30)20-9-11-22(27)12-10-20)18-26(2,31)21-6-4-3-5-7-21/h2*2-11,14,26-27,33H,12-13,17-18H2,1H3;2-11,14,25-26,32H,12-13,16-17H2,1H3;3-13,16,25,31H,14-15,17-18H2,1-2H3. The molecule has 4 aliphatic rings. The van der Waals surface area contributed by atoms with Crippen LogP contribution in [0.4, 0.5) is 22.7 Å². The van der Waals surface area contributed by atoms with Crippen molar-refractivity contribution in [1.29, 1.82) is 26.3 Å². The van der Waals surface area contributed by atoms with E-state index < -0.39 is 17.8 Å². The molecule has 4 fully saturated rings. The Balaban J connectivity index is 0.000000147. The molecule has 4 aliphatic heterocycles. The third kappa shape index (κ3) is 24.6. The Bertz CT molecular complexity index is 5800. The number of aryl methyl sites for hydroxylation is 4. The van der Waals surface area contributed by atoms with E-state index >= 15 is 0 Å². The Morgan fingerprint density at radius 3 is 1.00 bits per heavy atom. The van der Waals surface area contributed by atoms with Crippen molar-refractivity contribution >= 4 is 92.4 Å². The van der Waals surface area contributed by atoms with Gasteiger partial charge in [0.2, 0.25) is 0 Å². The van der Waals surface area contributed by atoms with Gasteiger partial charge in [0, 0.05) is 118 Å². The van der Waals surface area contributed by atoms with Crippen molar-refractivity contribution < 1.29 is 20.4 Å². The fourth-order valence-electron chi connectivity index (χ4n) is 17.6. The van der Waals surface area contributed by atoms with Crippen LogP contribution in [0.5, 0.6) is 0 Å². The predicted octanol–water partition coefficient (Wildman–Crippen LogP) is 21.8. The largest absolute Gasteiger partial charge is 0.394 e. The highest BCUT2D eigenvalue weighted by Gasteiger charge is 2.38. The molecule has 0 bridgehead atoms. The Morgan fingerprint density at radius 2 is 0.659 bits per heavy atom. The lowest BCUT2D eigenvalue weighted by atomic mass is 9.94. The van der Waals surface area contributed by atoms with Crippen LogP contribution < -0.4 is 19.6 Å². The quantitative estimate of drug-likeness (QED) is 0.0556. The average Bonchev–Trinajstić information content (AvgIpc) is 0.786. The first kappa shape index (κ1) is 95.3. The Labute approximate surface area is 787 Å². The number of hydrogen-bond acceptors (Lipinski definition) is 17. The Morgan fingerprint density at radius 1 is 0.349 bits per heavy atom. The number of anilines is 4. The van der Waals surface area contributed by atoms with Gasteiger partial charge in [-0.2, -0.15) is 26.3 Å². The molecule has 16 rings (SSSR count). The van der Waals surface area contributed by atoms with Crippen LogP contribution in [0.25, 0.3) is 0 Å². The summed E-state index contributed by atoms with van der Waals surface area (Å²) in [6, 6.07) is 98.6. The third-order valence-corrected chi connectivity index (χ3v) is 26.1. The molecule has 0 spiro atoms. The molecular formula is C106H103Cl6N13O4. The first-order valence-corrected chi connectivity index (χ1v) is 45.3. The maximum absolute atomic E-state index is 11.2. The van der Waals surface area contributed by atoms with Gasteiger partial charge in [0.25, 0.3) is 0 Å². The lowest BCUT2D eigenvalue weighted by molar-refractivity contribution is 0.0103. The summed E-state index contributed by atoms with van der Waals surface area (Å²) in [5.74, 6) is 0. The third-order valence-electron chi connectivity index (χ3n) is 24.5. The fraction of sp³-hybridized carbons (Fsp3) is 0.274. The number of piperazine rings is 4. The molecule has 658 valence electrons. The molecule has 0 aliphatic carbocycles. The summed E-state index contributed by atoms with van der Waals surface area (Å²) < 4.78 is 0. The molecule has 0 amide bonds. The molecule has 8 atom stereocenters. The fourth-order valence-corrected chi connectivity index (χ4v) is 18.8. The van der Waals surface area contributed by atoms with Crippen molar-refractivity contribution in [2.45, 2.75) is 82.6 Å². The Hall–Kier alpha value is -11.3. The summed E-state index contributed by atoms with van der Waals surface area (Å²) in [7, 11) is 0. The summed E-state index contributed by atoms with van der Waals surface area (Å²) >= 11 is 37.9. The molecule has 129 heavy (non-hydrogen) atoms. The zero-order valence-electron chi connectivity index (χ0n) is 72.7. The van der Waals surface area contributed by atoms with Crippen LogP contribution in [-0.2, 0) is 5.60 Å². The molecule has 12 aromatic rings. The van der Waals surface area contributed by atoms with Crippen LogP contribution in [0, 0.1) is 84.4 Å². The number of nitrogens with zero attached hydrogens (tertiary/aromatic N) is 13. The number of β-amino-alcohol motifs (C(OH)–C–C–N with tert-alkyl or cyclic N) is 3. The van der Waals surface area contributed by atoms with Crippen molar-refractivity contribution in [3.63, 3.8) is 0 Å². The lowest BCUT2D eigenvalue weighted by Gasteiger charge is -2.46. The van der Waals surface area contributed by atoms with Gasteiger partial charge in [-0.15, -0.1) is 0 Å². The first-order chi connectivity index (χ1) is 62.3. The minimum atomic E-state index is -0.921. The number of aliphatic hydroxyl groups is 4. The molecule has 23 heteroatoms. The van der Waals surface area contributed by atoms with Crippen molar-refractivity contribution in [3.05, 3.63) is 398 Å². The van der Waals surface area contributed by atoms with E-state index in [1.54, 1.807) is 36.4 Å². The van der Waals surface area contributed by atoms with Crippen molar-refractivity contribution in [3.8, 4) is 30.3 Å². The van der Waals surface area contributed by atoms with E-state index in [2.05, 4.69) is 125 Å². The van der Waals surface area contributed by atoms with Crippen molar-refractivity contribution in [2.75, 3.05) is 124 Å². The zero-order chi connectivity index (χ0) is 91.4. The lowest BCUT2D eigenvalue weighted by Crippen LogP contribution is -2.52. The van der Waals surface area contributed by atoms with Gasteiger partial charge in [-0.3, -0.25) is 19.6 Å². The molecule has 0 aromatic heterocycles. The van der Waals surface area contributed by atoms with E-state index in [0.29, 0.717) is 75.6 Å². The van der Waals surface area contributed by atoms with Crippen LogP contribution in [-0.4, -0.2) is 145 Å². The number of halogens is 6. The second-order valence-corrected chi connectivity index (χ2v) is 36.1. The Kier molecular flexibility index (Phi) is 33.1. The van der Waals surface area contributed by atoms with Crippen LogP contribution >= 0.6 is 69.6 Å². The van der Waals surface area contributed by atoms with Crippen molar-refractivity contribution in [2.24, 2.45) is 0 Å². The van der Waals surface area contributed by atoms with E-state index in [1.807, 2.05) is 216 Å². The van der Waals surface area contributed by atoms with Crippen LogP contribution in [0.3, 0.4) is 0 Å². The maximum atomic E-state index is 11.2. The monoisotopic (exact) mass is 1830 g/mol. The van der Waals surface area contributed by atoms with Gasteiger partial charge in [0.1, 0.15) is 12.1 Å². The second kappa shape index (κ2) is 44.8. The molecule has 4 heterocycles. The van der Waals surface area contributed by atoms with Gasteiger partial charge in [0.05, 0.1) is 133 Å². The number of rotatable bonds is 20. The normalized spacial score (nSPS) is 17.8. The molecule has 8 unspecified atom stereocenters. The van der Waals surface area contributed by atoms with E-state index in [-0.39, 0.29) is 36.8 Å². The highest BCUT2D eigenvalue weighted by molar-refractivity contribution is 6.34. The minimum absolute atomic E-state index is 0.00449. The summed E-state index contributed by atoms with van der Waals surface area (Å²) in [6.45, 7) is 20.6. The highest BCUT2D eigenvalue weighted by Crippen LogP contribution is 2.43. The first-order valence-electron chi connectivity index (χ1n) is 43.1. The average molecular weight is 1840 g/mol. The molecule has 12 aromatic carbocycles. The molecule has 4 saturated heterocycles. The molecule has 0 radical (unpaired) electrons. The zero-order valence-corrected chi connectivity index (χ0v) is 77.2. The van der Waals surface area contributed by atoms with Gasteiger partial charge < -0.3 is 40.0 Å². The summed E-state index contributed by atoms with van der Waals surface area (Å²) in [5.41, 5.74) is 18.6. The smallest absolute Gasteiger partial charge is 0.101 e. The summed E-state index contributed by atoms with van der Waals surface area (Å²) in [6.07, 6.45) is -1.30. The van der Waals surface area contributed by atoms with Crippen molar-refractivity contribution in [1.82, 2.24) is 19.6 Å². The topological polar surface area (TPSA) is 226 Å². The van der Waals surface area contributed by atoms with E-state index in [1.165, 1.54) is 5.56 Å². The molecular weight excluding hydrogens is 1730 g/mol. The SMILES string of the molecule is Cc1ccc(N2CCN(C(CO)c3ccc(C#N)cc3)CC2c2ccc(Cl)cc2)c(Cl)c1.Cc1ccc(N2CCN(CC(C)(O)c3ccccc3)CC2c2ccc(Cl)cc2)c(Cl)c1.Cc1ccc(N2CCN(CC(O)c3ccc(C#N)cc3)CC2c2ccc(Cl)cc2)c(C#N)c1.Cc1ccc(N2CCN(CC(O)c3ccc(C#N)cc3)CC2c2ccc(Cl)cc2)c(C#N)c1. The number of aliphatic hydroxyl groups excluding tert-OH is 3. The molecule has 17 nitrogen and oxygen atoms in total. The van der Waals surface area contributed by atoms with E-state index in [4.69, 9.17) is 85.4 Å². The van der Waals surface area contributed by atoms with Crippen LogP contribution in [0.15, 0.2) is 273 Å². The van der Waals surface area contributed by atoms with Gasteiger partial charge >= 0.3 is 0 Å². The predicted molar refractivity (Wildman–Crippen MR) is 520 cm³/mol.